The number of hydrogen-bond donors (Lipinski definition) is 2. The second-order valence-corrected chi connectivity index (χ2v) is 6.41. The van der Waals surface area contributed by atoms with Gasteiger partial charge in [0, 0.05) is 17.1 Å². The monoisotopic (exact) mass is 393 g/mol. The molecule has 1 rings (SSSR count). The molecule has 0 aliphatic rings. The van der Waals surface area contributed by atoms with E-state index in [4.69, 9.17) is 17.3 Å². The molecule has 0 aromatic heterocycles. The highest BCUT2D eigenvalue weighted by atomic mass is 35.5. The molecule has 0 radical (unpaired) electrons. The Labute approximate surface area is 159 Å². The predicted octanol–water partition coefficient (Wildman–Crippen LogP) is 2.74. The summed E-state index contributed by atoms with van der Waals surface area (Å²) in [6.45, 7) is 5.90. The van der Waals surface area contributed by atoms with E-state index >= 15 is 0 Å². The van der Waals surface area contributed by atoms with Crippen molar-refractivity contribution >= 4 is 35.8 Å². The van der Waals surface area contributed by atoms with Crippen LogP contribution in [0.3, 0.4) is 0 Å². The van der Waals surface area contributed by atoms with Crippen LogP contribution in [0.2, 0.25) is 5.02 Å². The van der Waals surface area contributed by atoms with Gasteiger partial charge in [-0.05, 0) is 24.5 Å². The number of carbonyl (C=O) groups excluding carboxylic acids is 2. The van der Waals surface area contributed by atoms with Gasteiger partial charge in [0.2, 0.25) is 11.8 Å². The van der Waals surface area contributed by atoms with Gasteiger partial charge in [-0.2, -0.15) is 0 Å². The number of nitrogens with one attached hydrogen (secondary N) is 1. The van der Waals surface area contributed by atoms with Gasteiger partial charge in [-0.15, -0.1) is 12.4 Å². The molecular formula is C17H26Cl2FN3O2. The molecule has 0 unspecified atom stereocenters. The van der Waals surface area contributed by atoms with E-state index in [1.54, 1.807) is 6.07 Å². The smallest absolute Gasteiger partial charge is 0.242 e. The third-order valence-electron chi connectivity index (χ3n) is 3.69. The first-order chi connectivity index (χ1) is 11.3. The Hall–Kier alpha value is -1.37. The molecule has 0 saturated carbocycles. The summed E-state index contributed by atoms with van der Waals surface area (Å²) in [5.41, 5.74) is 6.01. The van der Waals surface area contributed by atoms with Crippen LogP contribution in [0.4, 0.5) is 4.39 Å². The summed E-state index contributed by atoms with van der Waals surface area (Å²) in [5.74, 6) is -1.16. The van der Waals surface area contributed by atoms with E-state index < -0.39 is 11.9 Å². The Morgan fingerprint density at radius 1 is 1.36 bits per heavy atom. The Bertz CT molecular complexity index is 565. The number of halogens is 3. The van der Waals surface area contributed by atoms with Gasteiger partial charge >= 0.3 is 0 Å². The fourth-order valence-electron chi connectivity index (χ4n) is 2.13. The Morgan fingerprint density at radius 3 is 2.52 bits per heavy atom. The lowest BCUT2D eigenvalue weighted by Gasteiger charge is -2.24. The number of amides is 2. The normalized spacial score (nSPS) is 11.6. The van der Waals surface area contributed by atoms with Crippen LogP contribution in [0.1, 0.15) is 32.8 Å². The van der Waals surface area contributed by atoms with E-state index in [9.17, 15) is 14.0 Å². The SMILES string of the molecule is CCCN(Cc1c(F)cccc1Cl)C(=O)CNC(=O)[C@@H](N)C(C)C.Cl. The lowest BCUT2D eigenvalue weighted by molar-refractivity contribution is -0.133. The van der Waals surface area contributed by atoms with Gasteiger partial charge in [-0.25, -0.2) is 4.39 Å². The molecule has 0 aliphatic carbocycles. The van der Waals surface area contributed by atoms with E-state index in [0.29, 0.717) is 13.0 Å². The van der Waals surface area contributed by atoms with Gasteiger partial charge in [-0.1, -0.05) is 38.4 Å². The fraction of sp³-hybridized carbons (Fsp3) is 0.529. The lowest BCUT2D eigenvalue weighted by atomic mass is 10.1. The molecule has 0 saturated heterocycles. The summed E-state index contributed by atoms with van der Waals surface area (Å²) in [6.07, 6.45) is 0.706. The molecule has 5 nitrogen and oxygen atoms in total. The average Bonchev–Trinajstić information content (AvgIpc) is 2.53. The first-order valence-corrected chi connectivity index (χ1v) is 8.39. The summed E-state index contributed by atoms with van der Waals surface area (Å²) in [5, 5.41) is 2.81. The van der Waals surface area contributed by atoms with Crippen molar-refractivity contribution in [1.29, 1.82) is 0 Å². The van der Waals surface area contributed by atoms with Crippen molar-refractivity contribution in [2.24, 2.45) is 11.7 Å². The number of nitrogens with zero attached hydrogens (tertiary/aromatic N) is 1. The summed E-state index contributed by atoms with van der Waals surface area (Å²) in [4.78, 5) is 25.7. The van der Waals surface area contributed by atoms with Crippen molar-refractivity contribution < 1.29 is 14.0 Å². The van der Waals surface area contributed by atoms with E-state index in [1.807, 2.05) is 20.8 Å². The van der Waals surface area contributed by atoms with Crippen molar-refractivity contribution in [3.63, 3.8) is 0 Å². The molecule has 142 valence electrons. The highest BCUT2D eigenvalue weighted by Gasteiger charge is 2.21. The van der Waals surface area contributed by atoms with Gasteiger partial charge in [-0.3, -0.25) is 9.59 Å². The van der Waals surface area contributed by atoms with Gasteiger partial charge < -0.3 is 16.0 Å². The lowest BCUT2D eigenvalue weighted by Crippen LogP contribution is -2.48. The molecule has 25 heavy (non-hydrogen) atoms. The Balaban J connectivity index is 0.00000576. The summed E-state index contributed by atoms with van der Waals surface area (Å²) in [7, 11) is 0. The molecule has 1 aromatic carbocycles. The van der Waals surface area contributed by atoms with Crippen LogP contribution < -0.4 is 11.1 Å². The van der Waals surface area contributed by atoms with Gasteiger partial charge in [0.05, 0.1) is 19.1 Å². The zero-order valence-corrected chi connectivity index (χ0v) is 16.3. The summed E-state index contributed by atoms with van der Waals surface area (Å²) >= 11 is 6.02. The number of rotatable bonds is 8. The van der Waals surface area contributed by atoms with Crippen LogP contribution in [0.25, 0.3) is 0 Å². The zero-order chi connectivity index (χ0) is 18.3. The van der Waals surface area contributed by atoms with Crippen LogP contribution >= 0.6 is 24.0 Å². The van der Waals surface area contributed by atoms with Crippen LogP contribution in [0.5, 0.6) is 0 Å². The predicted molar refractivity (Wildman–Crippen MR) is 100 cm³/mol. The maximum atomic E-state index is 13.9. The Morgan fingerprint density at radius 2 is 2.00 bits per heavy atom. The van der Waals surface area contributed by atoms with E-state index in [1.165, 1.54) is 17.0 Å². The van der Waals surface area contributed by atoms with Crippen LogP contribution in [0.15, 0.2) is 18.2 Å². The second kappa shape index (κ2) is 11.3. The van der Waals surface area contributed by atoms with E-state index in [-0.39, 0.29) is 53.8 Å². The number of hydrogen-bond acceptors (Lipinski definition) is 3. The van der Waals surface area contributed by atoms with Gasteiger partial charge in [0.25, 0.3) is 0 Å². The molecule has 2 amide bonds. The molecule has 3 N–H and O–H groups in total. The van der Waals surface area contributed by atoms with Crippen LogP contribution in [-0.2, 0) is 16.1 Å². The quantitative estimate of drug-likeness (QED) is 0.712. The van der Waals surface area contributed by atoms with E-state index in [2.05, 4.69) is 5.32 Å². The molecule has 0 fully saturated rings. The topological polar surface area (TPSA) is 75.4 Å². The third-order valence-corrected chi connectivity index (χ3v) is 4.05. The highest BCUT2D eigenvalue weighted by molar-refractivity contribution is 6.31. The first kappa shape index (κ1) is 23.6. The van der Waals surface area contributed by atoms with Gasteiger partial charge in [0.15, 0.2) is 0 Å². The van der Waals surface area contributed by atoms with E-state index in [0.717, 1.165) is 0 Å². The fourth-order valence-corrected chi connectivity index (χ4v) is 2.35. The Kier molecular flexibility index (Phi) is 10.7. The molecule has 8 heteroatoms. The van der Waals surface area contributed by atoms with Crippen molar-refractivity contribution in [3.05, 3.63) is 34.6 Å². The van der Waals surface area contributed by atoms with Crippen molar-refractivity contribution in [1.82, 2.24) is 10.2 Å². The van der Waals surface area contributed by atoms with Crippen molar-refractivity contribution in [2.75, 3.05) is 13.1 Å². The van der Waals surface area contributed by atoms with Crippen LogP contribution in [0, 0.1) is 11.7 Å². The van der Waals surface area contributed by atoms with Crippen molar-refractivity contribution in [2.45, 2.75) is 39.8 Å². The minimum atomic E-state index is -0.668. The molecule has 1 aromatic rings. The largest absolute Gasteiger partial charge is 0.346 e. The molecule has 0 aliphatic heterocycles. The summed E-state index contributed by atoms with van der Waals surface area (Å²) < 4.78 is 13.9. The zero-order valence-electron chi connectivity index (χ0n) is 14.7. The van der Waals surface area contributed by atoms with Crippen LogP contribution in [-0.4, -0.2) is 35.8 Å². The maximum absolute atomic E-state index is 13.9. The molecule has 1 atom stereocenters. The summed E-state index contributed by atoms with van der Waals surface area (Å²) in [6, 6.07) is 3.73. The van der Waals surface area contributed by atoms with Crippen molar-refractivity contribution in [3.8, 4) is 0 Å². The second-order valence-electron chi connectivity index (χ2n) is 6.00. The number of nitrogens with two attached hydrogens (primary N) is 1. The molecule has 0 spiro atoms. The first-order valence-electron chi connectivity index (χ1n) is 8.01. The minimum Gasteiger partial charge on any atom is -0.346 e. The molecule has 0 bridgehead atoms. The van der Waals surface area contributed by atoms with Gasteiger partial charge in [0.1, 0.15) is 5.82 Å². The molecule has 0 heterocycles. The maximum Gasteiger partial charge on any atom is 0.242 e. The molecular weight excluding hydrogens is 368 g/mol. The number of carbonyl (C=O) groups is 2. The highest BCUT2D eigenvalue weighted by Crippen LogP contribution is 2.21. The number of benzene rings is 1. The third kappa shape index (κ3) is 7.18. The minimum absolute atomic E-state index is 0. The standard InChI is InChI=1S/C17H25ClFN3O2.ClH/c1-4-8-22(10-12-13(18)6-5-7-14(12)19)15(23)9-21-17(24)16(20)11(2)3;/h5-7,11,16H,4,8-10,20H2,1-3H3,(H,21,24);1H/t16-;/m0./s1. The average molecular weight is 394 g/mol.